The van der Waals surface area contributed by atoms with Gasteiger partial charge in [-0.2, -0.15) is 0 Å². The van der Waals surface area contributed by atoms with Crippen molar-refractivity contribution >= 4 is 0 Å². The van der Waals surface area contributed by atoms with Gasteiger partial charge in [-0.15, -0.1) is 0 Å². The molecule has 0 aliphatic carbocycles. The lowest BCUT2D eigenvalue weighted by molar-refractivity contribution is 0.239. The van der Waals surface area contributed by atoms with Crippen LogP contribution in [0.25, 0.3) is 0 Å². The highest BCUT2D eigenvalue weighted by molar-refractivity contribution is 5.39. The number of phenols is 1. The van der Waals surface area contributed by atoms with Gasteiger partial charge in [-0.3, -0.25) is 0 Å². The van der Waals surface area contributed by atoms with Crippen LogP contribution in [0.5, 0.6) is 5.75 Å². The molecule has 1 aliphatic heterocycles. The second-order valence-corrected chi connectivity index (χ2v) is 3.44. The molecule has 1 aromatic rings. The zero-order valence-corrected chi connectivity index (χ0v) is 7.63. The third kappa shape index (κ3) is 1.47. The molecule has 1 atom stereocenters. The average molecular weight is 197 g/mol. The molecule has 4 heteroatoms. The highest BCUT2D eigenvalue weighted by Gasteiger charge is 2.20. The zero-order chi connectivity index (χ0) is 10.1. The Morgan fingerprint density at radius 3 is 3.00 bits per heavy atom. The Labute approximate surface area is 81.2 Å². The van der Waals surface area contributed by atoms with Crippen LogP contribution in [0.2, 0.25) is 0 Å². The van der Waals surface area contributed by atoms with Crippen molar-refractivity contribution < 1.29 is 14.6 Å². The van der Waals surface area contributed by atoms with Crippen LogP contribution in [0.15, 0.2) is 12.1 Å². The van der Waals surface area contributed by atoms with E-state index in [0.29, 0.717) is 0 Å². The lowest BCUT2D eigenvalue weighted by Crippen LogP contribution is -2.32. The molecule has 3 N–H and O–H groups in total. The number of hydrogen-bond acceptors (Lipinski definition) is 3. The molecule has 0 saturated carbocycles. The van der Waals surface area contributed by atoms with Crippen molar-refractivity contribution in [1.29, 1.82) is 0 Å². The monoisotopic (exact) mass is 197 g/mol. The number of rotatable bonds is 1. The largest absolute Gasteiger partial charge is 0.505 e. The van der Waals surface area contributed by atoms with Crippen molar-refractivity contribution in [3.05, 3.63) is 29.1 Å². The Morgan fingerprint density at radius 2 is 2.29 bits per heavy atom. The predicted octanol–water partition coefficient (Wildman–Crippen LogP) is 0.710. The first kappa shape index (κ1) is 9.43. The summed E-state index contributed by atoms with van der Waals surface area (Å²) >= 11 is 0. The number of aromatic hydroxyl groups is 1. The first-order chi connectivity index (χ1) is 6.72. The second-order valence-electron chi connectivity index (χ2n) is 3.44. The van der Waals surface area contributed by atoms with Crippen LogP contribution in [-0.4, -0.2) is 23.4 Å². The fourth-order valence-corrected chi connectivity index (χ4v) is 1.81. The van der Waals surface area contributed by atoms with E-state index in [0.717, 1.165) is 24.1 Å². The van der Waals surface area contributed by atoms with E-state index >= 15 is 0 Å². The fraction of sp³-hybridized carbons (Fsp3) is 0.400. The number of fused-ring (bicyclic) bond motifs is 1. The quantitative estimate of drug-likeness (QED) is 0.621. The van der Waals surface area contributed by atoms with Crippen molar-refractivity contribution in [2.45, 2.75) is 12.5 Å². The van der Waals surface area contributed by atoms with Crippen molar-refractivity contribution in [2.24, 2.45) is 0 Å². The van der Waals surface area contributed by atoms with Crippen molar-refractivity contribution in [3.8, 4) is 5.75 Å². The Morgan fingerprint density at radius 1 is 1.50 bits per heavy atom. The molecule has 1 heterocycles. The summed E-state index contributed by atoms with van der Waals surface area (Å²) in [6, 6.07) is 2.54. The maximum absolute atomic E-state index is 13.0. The molecule has 0 bridgehead atoms. The van der Waals surface area contributed by atoms with Crippen LogP contribution in [0, 0.1) is 5.82 Å². The Hall–Kier alpha value is -1.13. The van der Waals surface area contributed by atoms with Crippen LogP contribution >= 0.6 is 0 Å². The summed E-state index contributed by atoms with van der Waals surface area (Å²) < 4.78 is 13.0. The molecule has 1 unspecified atom stereocenters. The number of phenolic OH excluding ortho intramolecular Hbond substituents is 1. The van der Waals surface area contributed by atoms with Gasteiger partial charge in [0.15, 0.2) is 11.6 Å². The summed E-state index contributed by atoms with van der Waals surface area (Å²) in [5, 5.41) is 21.4. The molecule has 76 valence electrons. The first-order valence-electron chi connectivity index (χ1n) is 4.58. The molecule has 2 rings (SSSR count). The maximum atomic E-state index is 13.0. The minimum absolute atomic E-state index is 0.0436. The minimum Gasteiger partial charge on any atom is -0.505 e. The van der Waals surface area contributed by atoms with Gasteiger partial charge in [-0.05, 0) is 36.2 Å². The Bertz CT molecular complexity index is 354. The van der Waals surface area contributed by atoms with E-state index in [1.54, 1.807) is 0 Å². The highest BCUT2D eigenvalue weighted by atomic mass is 19.1. The third-order valence-electron chi connectivity index (χ3n) is 2.55. The molecule has 0 saturated heterocycles. The van der Waals surface area contributed by atoms with E-state index in [-0.39, 0.29) is 18.4 Å². The number of aliphatic hydroxyl groups is 1. The Balaban J connectivity index is 2.47. The van der Waals surface area contributed by atoms with Gasteiger partial charge in [-0.1, -0.05) is 0 Å². The first-order valence-corrected chi connectivity index (χ1v) is 4.58. The van der Waals surface area contributed by atoms with Crippen LogP contribution in [-0.2, 0) is 6.42 Å². The van der Waals surface area contributed by atoms with E-state index in [1.165, 1.54) is 12.1 Å². The zero-order valence-electron chi connectivity index (χ0n) is 7.63. The molecule has 14 heavy (non-hydrogen) atoms. The van der Waals surface area contributed by atoms with E-state index in [4.69, 9.17) is 5.11 Å². The number of aliphatic hydroxyl groups excluding tert-OH is 1. The molecule has 0 spiro atoms. The summed E-state index contributed by atoms with van der Waals surface area (Å²) in [5.41, 5.74) is 1.65. The van der Waals surface area contributed by atoms with Gasteiger partial charge in [0, 0.05) is 0 Å². The van der Waals surface area contributed by atoms with Gasteiger partial charge in [0.25, 0.3) is 0 Å². The van der Waals surface area contributed by atoms with Gasteiger partial charge in [0.05, 0.1) is 12.6 Å². The van der Waals surface area contributed by atoms with E-state index < -0.39 is 5.82 Å². The van der Waals surface area contributed by atoms with Crippen LogP contribution in [0.3, 0.4) is 0 Å². The summed E-state index contributed by atoms with van der Waals surface area (Å²) in [5.74, 6) is -0.951. The summed E-state index contributed by atoms with van der Waals surface area (Å²) in [7, 11) is 0. The second kappa shape index (κ2) is 3.55. The molecule has 1 aromatic carbocycles. The van der Waals surface area contributed by atoms with Gasteiger partial charge < -0.3 is 15.5 Å². The lowest BCUT2D eigenvalue weighted by atomic mass is 9.94. The highest BCUT2D eigenvalue weighted by Crippen LogP contribution is 2.28. The molecule has 0 fully saturated rings. The molecule has 0 amide bonds. The van der Waals surface area contributed by atoms with Gasteiger partial charge in [0.2, 0.25) is 0 Å². The van der Waals surface area contributed by atoms with Crippen LogP contribution in [0.4, 0.5) is 4.39 Å². The molecule has 3 nitrogen and oxygen atoms in total. The number of benzene rings is 1. The van der Waals surface area contributed by atoms with E-state index in [1.807, 2.05) is 0 Å². The minimum atomic E-state index is -0.595. The Kier molecular flexibility index (Phi) is 2.39. The number of halogens is 1. The predicted molar refractivity (Wildman–Crippen MR) is 49.6 cm³/mol. The van der Waals surface area contributed by atoms with Gasteiger partial charge in [0.1, 0.15) is 0 Å². The number of nitrogens with one attached hydrogen (secondary N) is 1. The summed E-state index contributed by atoms with van der Waals surface area (Å²) in [4.78, 5) is 0. The average Bonchev–Trinajstić information content (AvgIpc) is 2.19. The van der Waals surface area contributed by atoms with Crippen molar-refractivity contribution in [3.63, 3.8) is 0 Å². The van der Waals surface area contributed by atoms with E-state index in [9.17, 15) is 9.50 Å². The standard InChI is InChI=1S/C10H12FNO2/c11-8-3-6-1-2-12-9(5-13)7(6)4-10(8)14/h3-4,9,12-14H,1-2,5H2. The summed E-state index contributed by atoms with van der Waals surface area (Å²) in [6.07, 6.45) is 0.725. The van der Waals surface area contributed by atoms with Crippen molar-refractivity contribution in [2.75, 3.05) is 13.2 Å². The summed E-state index contributed by atoms with van der Waals surface area (Å²) in [6.45, 7) is 0.681. The smallest absolute Gasteiger partial charge is 0.165 e. The molecule has 0 aromatic heterocycles. The van der Waals surface area contributed by atoms with Crippen LogP contribution in [0.1, 0.15) is 17.2 Å². The van der Waals surface area contributed by atoms with Crippen LogP contribution < -0.4 is 5.32 Å². The molecule has 0 radical (unpaired) electrons. The third-order valence-corrected chi connectivity index (χ3v) is 2.55. The van der Waals surface area contributed by atoms with Gasteiger partial charge >= 0.3 is 0 Å². The van der Waals surface area contributed by atoms with E-state index in [2.05, 4.69) is 5.32 Å². The molecule has 1 aliphatic rings. The maximum Gasteiger partial charge on any atom is 0.165 e. The number of hydrogen-bond donors (Lipinski definition) is 3. The van der Waals surface area contributed by atoms with Gasteiger partial charge in [-0.25, -0.2) is 4.39 Å². The van der Waals surface area contributed by atoms with Crippen molar-refractivity contribution in [1.82, 2.24) is 5.32 Å². The molecular formula is C10H12FNO2. The lowest BCUT2D eigenvalue weighted by Gasteiger charge is -2.25. The normalized spacial score (nSPS) is 20.6. The fourth-order valence-electron chi connectivity index (χ4n) is 1.81. The SMILES string of the molecule is OCC1NCCc2cc(F)c(O)cc21. The molecular weight excluding hydrogens is 185 g/mol. The topological polar surface area (TPSA) is 52.5 Å².